The molecular weight excluding hydrogens is 310 g/mol. The normalized spacial score (nSPS) is 44.5. The third-order valence-electron chi connectivity index (χ3n) is 6.90. The summed E-state index contributed by atoms with van der Waals surface area (Å²) in [6, 6.07) is 4.12. The molecule has 24 heavy (non-hydrogen) atoms. The lowest BCUT2D eigenvalue weighted by Crippen LogP contribution is -2.47. The first-order chi connectivity index (χ1) is 11.7. The second kappa shape index (κ2) is 4.25. The van der Waals surface area contributed by atoms with Gasteiger partial charge in [0.25, 0.3) is 0 Å². The molecule has 5 atom stereocenters. The number of hydrogen-bond acceptors (Lipinski definition) is 6. The highest BCUT2D eigenvalue weighted by molar-refractivity contribution is 5.54. The highest BCUT2D eigenvalue weighted by atomic mass is 16.7. The molecule has 5 heterocycles. The van der Waals surface area contributed by atoms with Crippen LogP contribution in [0, 0.1) is 0 Å². The highest BCUT2D eigenvalue weighted by Crippen LogP contribution is 2.64. The molecule has 0 aromatic heterocycles. The molecule has 6 nitrogen and oxygen atoms in total. The van der Waals surface area contributed by atoms with Crippen molar-refractivity contribution in [1.29, 1.82) is 0 Å². The van der Waals surface area contributed by atoms with Crippen LogP contribution < -0.4 is 9.47 Å². The Morgan fingerprint density at radius 1 is 1.25 bits per heavy atom. The van der Waals surface area contributed by atoms with Gasteiger partial charge in [-0.25, -0.2) is 0 Å². The van der Waals surface area contributed by atoms with Crippen LogP contribution in [0.3, 0.4) is 0 Å². The topological polar surface area (TPSA) is 60.4 Å². The van der Waals surface area contributed by atoms with Crippen molar-refractivity contribution in [3.63, 3.8) is 0 Å². The first-order valence-corrected chi connectivity index (χ1v) is 8.76. The van der Waals surface area contributed by atoms with Gasteiger partial charge in [0.15, 0.2) is 17.3 Å². The van der Waals surface area contributed by atoms with Crippen molar-refractivity contribution in [2.75, 3.05) is 27.0 Å². The molecule has 4 bridgehead atoms. The van der Waals surface area contributed by atoms with E-state index in [2.05, 4.69) is 17.0 Å². The first-order valence-electron chi connectivity index (χ1n) is 8.76. The van der Waals surface area contributed by atoms with E-state index in [0.717, 1.165) is 55.0 Å². The van der Waals surface area contributed by atoms with Gasteiger partial charge in [0.1, 0.15) is 6.10 Å². The molecule has 6 aliphatic rings. The molecule has 2 saturated heterocycles. The van der Waals surface area contributed by atoms with E-state index < -0.39 is 11.9 Å². The lowest BCUT2D eigenvalue weighted by Gasteiger charge is -2.39. The van der Waals surface area contributed by atoms with Gasteiger partial charge < -0.3 is 24.1 Å². The number of benzene rings is 1. The van der Waals surface area contributed by atoms with Crippen LogP contribution in [0.2, 0.25) is 0 Å². The molecule has 1 saturated carbocycles. The minimum Gasteiger partial charge on any atom is -0.454 e. The zero-order valence-electron chi connectivity index (χ0n) is 13.7. The Morgan fingerprint density at radius 2 is 2.04 bits per heavy atom. The van der Waals surface area contributed by atoms with Gasteiger partial charge in [0.05, 0.1) is 6.10 Å². The van der Waals surface area contributed by atoms with E-state index in [9.17, 15) is 5.11 Å². The number of aliphatic hydroxyl groups excluding tert-OH is 1. The summed E-state index contributed by atoms with van der Waals surface area (Å²) in [4.78, 5) is 2.53. The zero-order valence-corrected chi connectivity index (χ0v) is 13.7. The van der Waals surface area contributed by atoms with E-state index in [1.807, 2.05) is 0 Å². The summed E-state index contributed by atoms with van der Waals surface area (Å²) >= 11 is 0. The van der Waals surface area contributed by atoms with Crippen LogP contribution in [0.1, 0.15) is 42.4 Å². The first kappa shape index (κ1) is 13.9. The molecule has 128 valence electrons. The molecule has 0 amide bonds. The van der Waals surface area contributed by atoms with Crippen molar-refractivity contribution in [3.05, 3.63) is 23.3 Å². The van der Waals surface area contributed by atoms with Gasteiger partial charge >= 0.3 is 0 Å². The third-order valence-corrected chi connectivity index (χ3v) is 6.90. The summed E-state index contributed by atoms with van der Waals surface area (Å²) in [6.07, 6.45) is 2.18. The van der Waals surface area contributed by atoms with Gasteiger partial charge in [0, 0.05) is 31.5 Å². The molecule has 2 unspecified atom stereocenters. The van der Waals surface area contributed by atoms with Crippen LogP contribution in [0.15, 0.2) is 12.1 Å². The number of hydrogen-bond donors (Lipinski definition) is 1. The lowest BCUT2D eigenvalue weighted by molar-refractivity contribution is -0.277. The summed E-state index contributed by atoms with van der Waals surface area (Å²) in [7, 11) is 1.66. The molecule has 3 fully saturated rings. The Bertz CT molecular complexity index is 738. The third kappa shape index (κ3) is 1.39. The van der Waals surface area contributed by atoms with E-state index in [-0.39, 0.29) is 24.4 Å². The molecule has 1 spiro atoms. The highest BCUT2D eigenvalue weighted by Gasteiger charge is 2.70. The molecule has 1 aromatic carbocycles. The van der Waals surface area contributed by atoms with Gasteiger partial charge in [-0.15, -0.1) is 0 Å². The Labute approximate surface area is 140 Å². The number of aliphatic hydroxyl groups is 1. The standard InChI is InChI=1S/C18H21NO5/c1-21-18-8-17-3-2-4-19(17)7-14(24-18)10-5-12-13(23-9-22-12)6-11(10)15(17)16(18)20/h5-6,14-16,20H,2-4,7-9H2,1H3/t14-,15+,16?,17-,18?/m0/s1. The molecule has 1 aliphatic carbocycles. The maximum atomic E-state index is 11.2. The summed E-state index contributed by atoms with van der Waals surface area (Å²) < 4.78 is 23.5. The maximum Gasteiger partial charge on any atom is 0.231 e. The Kier molecular flexibility index (Phi) is 2.46. The van der Waals surface area contributed by atoms with Crippen LogP contribution in [0.4, 0.5) is 0 Å². The quantitative estimate of drug-likeness (QED) is 0.842. The van der Waals surface area contributed by atoms with E-state index >= 15 is 0 Å². The number of methoxy groups -OCH3 is 1. The molecule has 7 rings (SSSR count). The SMILES string of the molecule is COC12C[C@]34CCCN3C[C@H](O1)c1cc3c(cc1[C@@H]4C2O)OCO3. The fourth-order valence-electron chi connectivity index (χ4n) is 5.94. The van der Waals surface area contributed by atoms with Crippen molar-refractivity contribution in [1.82, 2.24) is 4.90 Å². The van der Waals surface area contributed by atoms with E-state index in [1.54, 1.807) is 7.11 Å². The molecule has 6 heteroatoms. The minimum absolute atomic E-state index is 0.0167. The lowest BCUT2D eigenvalue weighted by atomic mass is 9.78. The second-order valence-electron chi connectivity index (χ2n) is 7.71. The van der Waals surface area contributed by atoms with Gasteiger partial charge in [-0.2, -0.15) is 0 Å². The second-order valence-corrected chi connectivity index (χ2v) is 7.71. The van der Waals surface area contributed by atoms with E-state index in [4.69, 9.17) is 18.9 Å². The number of ether oxygens (including phenoxy) is 4. The van der Waals surface area contributed by atoms with Gasteiger partial charge in [0.2, 0.25) is 6.79 Å². The van der Waals surface area contributed by atoms with E-state index in [1.165, 1.54) is 0 Å². The van der Waals surface area contributed by atoms with Crippen molar-refractivity contribution in [2.24, 2.45) is 0 Å². The van der Waals surface area contributed by atoms with Crippen molar-refractivity contribution < 1.29 is 24.1 Å². The average molecular weight is 331 g/mol. The summed E-state index contributed by atoms with van der Waals surface area (Å²) in [6.45, 7) is 2.17. The monoisotopic (exact) mass is 331 g/mol. The number of nitrogens with zero attached hydrogens (tertiary/aromatic N) is 1. The van der Waals surface area contributed by atoms with Crippen LogP contribution >= 0.6 is 0 Å². The molecule has 1 N–H and O–H groups in total. The Hall–Kier alpha value is -1.34. The van der Waals surface area contributed by atoms with Crippen LogP contribution in [0.5, 0.6) is 11.5 Å². The maximum absolute atomic E-state index is 11.2. The van der Waals surface area contributed by atoms with Crippen LogP contribution in [-0.2, 0) is 9.47 Å². The summed E-state index contributed by atoms with van der Waals surface area (Å²) in [5, 5.41) is 11.2. The smallest absolute Gasteiger partial charge is 0.231 e. The van der Waals surface area contributed by atoms with Crippen LogP contribution in [0.25, 0.3) is 0 Å². The Morgan fingerprint density at radius 3 is 2.83 bits per heavy atom. The van der Waals surface area contributed by atoms with Gasteiger partial charge in [-0.05, 0) is 42.6 Å². The van der Waals surface area contributed by atoms with Gasteiger partial charge in [-0.3, -0.25) is 4.90 Å². The zero-order chi connectivity index (χ0) is 16.1. The molecule has 5 aliphatic heterocycles. The predicted molar refractivity (Wildman–Crippen MR) is 83.0 cm³/mol. The summed E-state index contributed by atoms with van der Waals surface area (Å²) in [5.74, 6) is 0.617. The van der Waals surface area contributed by atoms with Crippen LogP contribution in [-0.4, -0.2) is 54.4 Å². The van der Waals surface area contributed by atoms with Gasteiger partial charge in [-0.1, -0.05) is 0 Å². The summed E-state index contributed by atoms with van der Waals surface area (Å²) in [5.41, 5.74) is 2.19. The average Bonchev–Trinajstić information content (AvgIpc) is 3.19. The van der Waals surface area contributed by atoms with Crippen molar-refractivity contribution >= 4 is 0 Å². The van der Waals surface area contributed by atoms with E-state index in [0.29, 0.717) is 0 Å². The minimum atomic E-state index is -0.917. The molecule has 1 aromatic rings. The van der Waals surface area contributed by atoms with Crippen molar-refractivity contribution in [3.8, 4) is 11.5 Å². The largest absolute Gasteiger partial charge is 0.454 e. The molecular formula is C18H21NO5. The predicted octanol–water partition coefficient (Wildman–Crippen LogP) is 1.53. The van der Waals surface area contributed by atoms with Crippen molar-refractivity contribution in [2.45, 2.75) is 48.7 Å². The number of rotatable bonds is 1. The fraction of sp³-hybridized carbons (Fsp3) is 0.667. The molecule has 0 radical (unpaired) electrons. The fourth-order valence-corrected chi connectivity index (χ4v) is 5.94. The number of fused-ring (bicyclic) bond motifs is 1. The Balaban J connectivity index is 1.64.